The predicted octanol–water partition coefficient (Wildman–Crippen LogP) is 3.56. The Balaban J connectivity index is 1.65. The third kappa shape index (κ3) is 3.74. The second-order valence-electron chi connectivity index (χ2n) is 6.12. The molecule has 0 aromatic heterocycles. The van der Waals surface area contributed by atoms with Crippen molar-refractivity contribution >= 4 is 11.8 Å². The monoisotopic (exact) mass is 308 g/mol. The highest BCUT2D eigenvalue weighted by molar-refractivity contribution is 7.99. The Bertz CT molecular complexity index is 463. The van der Waals surface area contributed by atoms with Gasteiger partial charge in [-0.3, -0.25) is 0 Å². The average Bonchev–Trinajstić information content (AvgIpc) is 2.48. The van der Waals surface area contributed by atoms with Crippen LogP contribution in [0, 0.1) is 0 Å². The SMILES string of the molecule is C[C@H](O)c1cccc(OC2CCOC3(CCSCC3)C2)c1. The van der Waals surface area contributed by atoms with Crippen LogP contribution < -0.4 is 4.74 Å². The lowest BCUT2D eigenvalue weighted by Gasteiger charge is -2.43. The van der Waals surface area contributed by atoms with Gasteiger partial charge in [0, 0.05) is 12.8 Å². The maximum Gasteiger partial charge on any atom is 0.120 e. The van der Waals surface area contributed by atoms with Crippen molar-refractivity contribution in [1.29, 1.82) is 0 Å². The van der Waals surface area contributed by atoms with E-state index in [0.29, 0.717) is 0 Å². The van der Waals surface area contributed by atoms with Gasteiger partial charge >= 0.3 is 0 Å². The molecule has 1 aromatic rings. The minimum Gasteiger partial charge on any atom is -0.490 e. The van der Waals surface area contributed by atoms with E-state index in [-0.39, 0.29) is 11.7 Å². The number of ether oxygens (including phenoxy) is 2. The van der Waals surface area contributed by atoms with E-state index in [1.165, 1.54) is 11.5 Å². The van der Waals surface area contributed by atoms with Gasteiger partial charge in [0.15, 0.2) is 0 Å². The highest BCUT2D eigenvalue weighted by Gasteiger charge is 2.39. The Hall–Kier alpha value is -0.710. The first-order chi connectivity index (χ1) is 10.2. The third-order valence-corrected chi connectivity index (χ3v) is 5.48. The molecule has 1 unspecified atom stereocenters. The van der Waals surface area contributed by atoms with Gasteiger partial charge in [-0.1, -0.05) is 12.1 Å². The van der Waals surface area contributed by atoms with Crippen molar-refractivity contribution in [3.63, 3.8) is 0 Å². The topological polar surface area (TPSA) is 38.7 Å². The first-order valence-electron chi connectivity index (χ1n) is 7.83. The van der Waals surface area contributed by atoms with Crippen molar-refractivity contribution in [1.82, 2.24) is 0 Å². The van der Waals surface area contributed by atoms with Crippen molar-refractivity contribution in [2.45, 2.75) is 50.4 Å². The molecule has 1 N–H and O–H groups in total. The smallest absolute Gasteiger partial charge is 0.120 e. The van der Waals surface area contributed by atoms with Gasteiger partial charge in [-0.05, 0) is 49.0 Å². The summed E-state index contributed by atoms with van der Waals surface area (Å²) in [4.78, 5) is 0. The number of aliphatic hydroxyl groups excluding tert-OH is 1. The van der Waals surface area contributed by atoms with Gasteiger partial charge in [0.1, 0.15) is 11.9 Å². The Kier molecular flexibility index (Phi) is 4.77. The standard InChI is InChI=1S/C17H24O3S/c1-13(18)14-3-2-4-15(11-14)20-16-5-8-19-17(12-16)6-9-21-10-7-17/h2-4,11,13,16,18H,5-10,12H2,1H3/t13-,16?/m0/s1. The molecule has 0 saturated carbocycles. The van der Waals surface area contributed by atoms with Gasteiger partial charge in [-0.15, -0.1) is 0 Å². The van der Waals surface area contributed by atoms with E-state index in [2.05, 4.69) is 0 Å². The number of rotatable bonds is 3. The normalized spacial score (nSPS) is 26.5. The van der Waals surface area contributed by atoms with Crippen LogP contribution in [-0.4, -0.2) is 34.9 Å². The van der Waals surface area contributed by atoms with Crippen LogP contribution in [0.4, 0.5) is 0 Å². The van der Waals surface area contributed by atoms with Crippen LogP contribution in [0.3, 0.4) is 0 Å². The summed E-state index contributed by atoms with van der Waals surface area (Å²) >= 11 is 2.02. The molecule has 3 rings (SSSR count). The van der Waals surface area contributed by atoms with Gasteiger partial charge < -0.3 is 14.6 Å². The van der Waals surface area contributed by atoms with Gasteiger partial charge in [-0.25, -0.2) is 0 Å². The largest absolute Gasteiger partial charge is 0.490 e. The van der Waals surface area contributed by atoms with Crippen LogP contribution in [0.1, 0.15) is 44.3 Å². The van der Waals surface area contributed by atoms with Crippen molar-refractivity contribution in [3.8, 4) is 5.75 Å². The summed E-state index contributed by atoms with van der Waals surface area (Å²) in [6, 6.07) is 7.80. The molecule has 2 aliphatic heterocycles. The summed E-state index contributed by atoms with van der Waals surface area (Å²) in [5, 5.41) is 9.67. The molecule has 1 spiro atoms. The molecule has 1 aromatic carbocycles. The van der Waals surface area contributed by atoms with Crippen molar-refractivity contribution in [2.75, 3.05) is 18.1 Å². The molecule has 2 saturated heterocycles. The second-order valence-corrected chi connectivity index (χ2v) is 7.35. The molecule has 2 heterocycles. The number of benzene rings is 1. The third-order valence-electron chi connectivity index (χ3n) is 4.50. The molecule has 116 valence electrons. The lowest BCUT2D eigenvalue weighted by molar-refractivity contribution is -0.116. The Morgan fingerprint density at radius 3 is 2.95 bits per heavy atom. The van der Waals surface area contributed by atoms with Gasteiger partial charge in [0.05, 0.1) is 18.3 Å². The Morgan fingerprint density at radius 2 is 2.19 bits per heavy atom. The van der Waals surface area contributed by atoms with Gasteiger partial charge in [0.2, 0.25) is 0 Å². The van der Waals surface area contributed by atoms with Crippen LogP contribution >= 0.6 is 11.8 Å². The maximum atomic E-state index is 9.67. The second kappa shape index (κ2) is 6.59. The molecule has 2 fully saturated rings. The maximum absolute atomic E-state index is 9.67. The molecule has 4 heteroatoms. The number of hydrogen-bond donors (Lipinski definition) is 1. The molecule has 2 atom stereocenters. The zero-order chi connectivity index (χ0) is 14.7. The van der Waals surface area contributed by atoms with Crippen molar-refractivity contribution < 1.29 is 14.6 Å². The fourth-order valence-corrected chi connectivity index (χ4v) is 4.45. The predicted molar refractivity (Wildman–Crippen MR) is 86.0 cm³/mol. The summed E-state index contributed by atoms with van der Waals surface area (Å²) in [6.07, 6.45) is 4.01. The molecular formula is C17H24O3S. The summed E-state index contributed by atoms with van der Waals surface area (Å²) in [6.45, 7) is 2.58. The Labute approximate surface area is 131 Å². The Morgan fingerprint density at radius 1 is 1.38 bits per heavy atom. The van der Waals surface area contributed by atoms with E-state index < -0.39 is 6.10 Å². The van der Waals surface area contributed by atoms with Crippen LogP contribution in [0.2, 0.25) is 0 Å². The van der Waals surface area contributed by atoms with E-state index >= 15 is 0 Å². The number of thioether (sulfide) groups is 1. The zero-order valence-corrected chi connectivity index (χ0v) is 13.4. The quantitative estimate of drug-likeness (QED) is 0.926. The fraction of sp³-hybridized carbons (Fsp3) is 0.647. The number of hydrogen-bond acceptors (Lipinski definition) is 4. The van der Waals surface area contributed by atoms with Gasteiger partial charge in [-0.2, -0.15) is 11.8 Å². The highest BCUT2D eigenvalue weighted by atomic mass is 32.2. The highest BCUT2D eigenvalue weighted by Crippen LogP contribution is 2.38. The molecule has 0 bridgehead atoms. The van der Waals surface area contributed by atoms with Crippen molar-refractivity contribution in [2.24, 2.45) is 0 Å². The molecule has 0 aliphatic carbocycles. The van der Waals surface area contributed by atoms with Gasteiger partial charge in [0.25, 0.3) is 0 Å². The molecular weight excluding hydrogens is 284 g/mol. The fourth-order valence-electron chi connectivity index (χ4n) is 3.22. The lowest BCUT2D eigenvalue weighted by atomic mass is 9.86. The summed E-state index contributed by atoms with van der Waals surface area (Å²) in [5.41, 5.74) is 0.958. The van der Waals surface area contributed by atoms with E-state index in [4.69, 9.17) is 9.47 Å². The average molecular weight is 308 g/mol. The summed E-state index contributed by atoms with van der Waals surface area (Å²) < 4.78 is 12.3. The van der Waals surface area contributed by atoms with Crippen LogP contribution in [0.15, 0.2) is 24.3 Å². The van der Waals surface area contributed by atoms with E-state index in [1.807, 2.05) is 36.0 Å². The number of aliphatic hydroxyl groups is 1. The lowest BCUT2D eigenvalue weighted by Crippen LogP contribution is -2.46. The minimum absolute atomic E-state index is 0.0516. The first kappa shape index (κ1) is 15.2. The van der Waals surface area contributed by atoms with E-state index in [9.17, 15) is 5.11 Å². The summed E-state index contributed by atoms with van der Waals surface area (Å²) in [5.74, 6) is 3.26. The molecule has 3 nitrogen and oxygen atoms in total. The van der Waals surface area contributed by atoms with Crippen LogP contribution in [0.5, 0.6) is 5.75 Å². The van der Waals surface area contributed by atoms with E-state index in [1.54, 1.807) is 6.92 Å². The molecule has 0 radical (unpaired) electrons. The minimum atomic E-state index is -0.454. The van der Waals surface area contributed by atoms with Crippen LogP contribution in [0.25, 0.3) is 0 Å². The first-order valence-corrected chi connectivity index (χ1v) is 8.99. The van der Waals surface area contributed by atoms with Crippen molar-refractivity contribution in [3.05, 3.63) is 29.8 Å². The molecule has 21 heavy (non-hydrogen) atoms. The molecule has 2 aliphatic rings. The van der Waals surface area contributed by atoms with E-state index in [0.717, 1.165) is 43.6 Å². The zero-order valence-electron chi connectivity index (χ0n) is 12.6. The summed E-state index contributed by atoms with van der Waals surface area (Å²) in [7, 11) is 0. The van der Waals surface area contributed by atoms with Crippen LogP contribution in [-0.2, 0) is 4.74 Å². The molecule has 0 amide bonds.